The zero-order valence-electron chi connectivity index (χ0n) is 8.05. The molecule has 0 spiro atoms. The molecule has 0 radical (unpaired) electrons. The molecule has 3 heterocycles. The van der Waals surface area contributed by atoms with E-state index in [4.69, 9.17) is 0 Å². The number of nitrogens with one attached hydrogen (secondary N) is 2. The van der Waals surface area contributed by atoms with Gasteiger partial charge in [0.25, 0.3) is 0 Å². The molecule has 0 aliphatic carbocycles. The van der Waals surface area contributed by atoms with Crippen molar-refractivity contribution in [2.45, 2.75) is 24.9 Å². The average molecular weight is 183 g/mol. The van der Waals surface area contributed by atoms with E-state index in [2.05, 4.69) is 10.6 Å². The number of carbonyl (C=O) groups is 1. The van der Waals surface area contributed by atoms with E-state index in [0.717, 1.165) is 32.5 Å². The van der Waals surface area contributed by atoms with E-state index in [-0.39, 0.29) is 6.04 Å². The molecule has 0 saturated carbocycles. The van der Waals surface area contributed by atoms with Gasteiger partial charge in [0.15, 0.2) is 0 Å². The second-order valence-corrected chi connectivity index (χ2v) is 3.89. The van der Waals surface area contributed by atoms with Crippen molar-refractivity contribution in [3.63, 3.8) is 0 Å². The molecule has 4 heteroatoms. The molecule has 2 N–H and O–H groups in total. The van der Waals surface area contributed by atoms with E-state index < -0.39 is 0 Å². The maximum absolute atomic E-state index is 11.6. The van der Waals surface area contributed by atoms with E-state index in [9.17, 15) is 4.79 Å². The third kappa shape index (κ3) is 1.69. The van der Waals surface area contributed by atoms with E-state index >= 15 is 0 Å². The molecule has 74 valence electrons. The molecule has 3 rings (SSSR count). The van der Waals surface area contributed by atoms with Gasteiger partial charge in [-0.2, -0.15) is 0 Å². The first-order valence-corrected chi connectivity index (χ1v) is 5.00. The molecule has 2 bridgehead atoms. The number of nitrogens with zero attached hydrogens (tertiary/aromatic N) is 1. The van der Waals surface area contributed by atoms with Crippen LogP contribution in [-0.2, 0) is 4.79 Å². The van der Waals surface area contributed by atoms with Gasteiger partial charge in [0, 0.05) is 19.1 Å². The lowest BCUT2D eigenvalue weighted by Gasteiger charge is -2.47. The molecule has 13 heavy (non-hydrogen) atoms. The lowest BCUT2D eigenvalue weighted by molar-refractivity contribution is -0.142. The molecule has 3 fully saturated rings. The van der Waals surface area contributed by atoms with Crippen LogP contribution >= 0.6 is 0 Å². The summed E-state index contributed by atoms with van der Waals surface area (Å²) in [5.41, 5.74) is 0. The SMILES string of the molecule is CNCCCN1CC2CC(N2)C1=O. The highest BCUT2D eigenvalue weighted by atomic mass is 16.2. The first-order valence-electron chi connectivity index (χ1n) is 5.00. The Morgan fingerprint density at radius 1 is 1.69 bits per heavy atom. The summed E-state index contributed by atoms with van der Waals surface area (Å²) in [6.45, 7) is 2.82. The van der Waals surface area contributed by atoms with Crippen LogP contribution in [0.25, 0.3) is 0 Å². The predicted molar refractivity (Wildman–Crippen MR) is 50.5 cm³/mol. The molecule has 0 aromatic carbocycles. The van der Waals surface area contributed by atoms with Crippen molar-refractivity contribution < 1.29 is 4.79 Å². The van der Waals surface area contributed by atoms with Crippen molar-refractivity contribution in [3.05, 3.63) is 0 Å². The maximum atomic E-state index is 11.6. The Hall–Kier alpha value is -0.610. The van der Waals surface area contributed by atoms with Crippen molar-refractivity contribution in [1.29, 1.82) is 0 Å². The number of hydrogen-bond donors (Lipinski definition) is 2. The molecular formula is C9H17N3O. The number of rotatable bonds is 4. The standard InChI is InChI=1S/C9H17N3O/c1-10-3-2-4-12-6-7-5-8(11-7)9(12)13/h7-8,10-11H,2-6H2,1H3. The van der Waals surface area contributed by atoms with Crippen LogP contribution in [0.15, 0.2) is 0 Å². The fraction of sp³-hybridized carbons (Fsp3) is 0.889. The van der Waals surface area contributed by atoms with Crippen LogP contribution in [-0.4, -0.2) is 49.6 Å². The number of hydrogen-bond acceptors (Lipinski definition) is 3. The Morgan fingerprint density at radius 3 is 3.08 bits per heavy atom. The number of piperidine rings is 1. The summed E-state index contributed by atoms with van der Waals surface area (Å²) in [4.78, 5) is 13.6. The molecule has 0 aromatic heterocycles. The topological polar surface area (TPSA) is 44.4 Å². The summed E-state index contributed by atoms with van der Waals surface area (Å²) in [6.07, 6.45) is 2.11. The Morgan fingerprint density at radius 2 is 2.46 bits per heavy atom. The summed E-state index contributed by atoms with van der Waals surface area (Å²) < 4.78 is 0. The summed E-state index contributed by atoms with van der Waals surface area (Å²) >= 11 is 0. The van der Waals surface area contributed by atoms with Gasteiger partial charge in [-0.15, -0.1) is 0 Å². The second kappa shape index (κ2) is 3.64. The van der Waals surface area contributed by atoms with E-state index in [1.165, 1.54) is 0 Å². The van der Waals surface area contributed by atoms with Gasteiger partial charge in [0.2, 0.25) is 5.91 Å². The average Bonchev–Trinajstić information content (AvgIpc) is 2.06. The van der Waals surface area contributed by atoms with Gasteiger partial charge < -0.3 is 15.5 Å². The molecular weight excluding hydrogens is 166 g/mol. The van der Waals surface area contributed by atoms with Crippen LogP contribution in [0.4, 0.5) is 0 Å². The summed E-state index contributed by atoms with van der Waals surface area (Å²) in [5.74, 6) is 0.304. The summed E-state index contributed by atoms with van der Waals surface area (Å²) in [7, 11) is 1.94. The number of fused-ring (bicyclic) bond motifs is 2. The van der Waals surface area contributed by atoms with Crippen molar-refractivity contribution in [2.75, 3.05) is 26.7 Å². The van der Waals surface area contributed by atoms with Crippen LogP contribution < -0.4 is 10.6 Å². The van der Waals surface area contributed by atoms with Crippen LogP contribution in [0.2, 0.25) is 0 Å². The maximum Gasteiger partial charge on any atom is 0.239 e. The van der Waals surface area contributed by atoms with Crippen molar-refractivity contribution in [3.8, 4) is 0 Å². The number of amides is 1. The number of piperazine rings is 1. The molecule has 1 amide bonds. The van der Waals surface area contributed by atoms with Gasteiger partial charge in [-0.1, -0.05) is 0 Å². The first kappa shape index (κ1) is 8.97. The fourth-order valence-corrected chi connectivity index (χ4v) is 2.07. The zero-order chi connectivity index (χ0) is 9.26. The minimum absolute atomic E-state index is 0.147. The van der Waals surface area contributed by atoms with Gasteiger partial charge >= 0.3 is 0 Å². The van der Waals surface area contributed by atoms with Gasteiger partial charge in [-0.3, -0.25) is 4.79 Å². The molecule has 2 unspecified atom stereocenters. The Bertz CT molecular complexity index is 201. The zero-order valence-corrected chi connectivity index (χ0v) is 8.05. The monoisotopic (exact) mass is 183 g/mol. The highest BCUT2D eigenvalue weighted by Crippen LogP contribution is 2.21. The Balaban J connectivity index is 1.76. The van der Waals surface area contributed by atoms with Crippen LogP contribution in [0.3, 0.4) is 0 Å². The molecule has 3 aliphatic rings. The summed E-state index contributed by atoms with van der Waals surface area (Å²) in [5, 5.41) is 6.33. The van der Waals surface area contributed by atoms with Crippen LogP contribution in [0, 0.1) is 0 Å². The fourth-order valence-electron chi connectivity index (χ4n) is 2.07. The smallest absolute Gasteiger partial charge is 0.239 e. The predicted octanol–water partition coefficient (Wildman–Crippen LogP) is -0.831. The Kier molecular flexibility index (Phi) is 2.51. The lowest BCUT2D eigenvalue weighted by Crippen LogP contribution is -2.69. The largest absolute Gasteiger partial charge is 0.340 e. The molecule has 3 aliphatic heterocycles. The quantitative estimate of drug-likeness (QED) is 0.559. The van der Waals surface area contributed by atoms with E-state index in [1.54, 1.807) is 0 Å². The molecule has 0 aromatic rings. The highest BCUT2D eigenvalue weighted by molar-refractivity contribution is 5.84. The summed E-state index contributed by atoms with van der Waals surface area (Å²) in [6, 6.07) is 0.727. The van der Waals surface area contributed by atoms with Gasteiger partial charge in [0.1, 0.15) is 0 Å². The molecule has 4 nitrogen and oxygen atoms in total. The third-order valence-corrected chi connectivity index (χ3v) is 2.86. The van der Waals surface area contributed by atoms with Gasteiger partial charge in [-0.05, 0) is 26.4 Å². The van der Waals surface area contributed by atoms with E-state index in [1.807, 2.05) is 11.9 Å². The van der Waals surface area contributed by atoms with Crippen LogP contribution in [0.5, 0.6) is 0 Å². The van der Waals surface area contributed by atoms with E-state index in [0.29, 0.717) is 11.9 Å². The van der Waals surface area contributed by atoms with Crippen molar-refractivity contribution in [2.24, 2.45) is 0 Å². The number of carbonyl (C=O) groups excluding carboxylic acids is 1. The lowest BCUT2D eigenvalue weighted by atomic mass is 9.90. The van der Waals surface area contributed by atoms with Crippen LogP contribution in [0.1, 0.15) is 12.8 Å². The third-order valence-electron chi connectivity index (χ3n) is 2.86. The van der Waals surface area contributed by atoms with Crippen molar-refractivity contribution in [1.82, 2.24) is 15.5 Å². The Labute approximate surface area is 78.7 Å². The highest BCUT2D eigenvalue weighted by Gasteiger charge is 2.42. The van der Waals surface area contributed by atoms with Crippen molar-refractivity contribution >= 4 is 5.91 Å². The molecule has 3 saturated heterocycles. The van der Waals surface area contributed by atoms with Gasteiger partial charge in [-0.25, -0.2) is 0 Å². The minimum atomic E-state index is 0.147. The first-order chi connectivity index (χ1) is 6.31. The minimum Gasteiger partial charge on any atom is -0.340 e. The molecule has 2 atom stereocenters. The second-order valence-electron chi connectivity index (χ2n) is 3.89. The normalized spacial score (nSPS) is 31.8. The van der Waals surface area contributed by atoms with Gasteiger partial charge in [0.05, 0.1) is 6.04 Å².